The van der Waals surface area contributed by atoms with Crippen molar-refractivity contribution in [2.75, 3.05) is 11.4 Å². The van der Waals surface area contributed by atoms with Gasteiger partial charge in [0.15, 0.2) is 0 Å². The molecule has 5 N–H and O–H groups in total. The molecule has 1 heterocycles. The highest BCUT2D eigenvalue weighted by molar-refractivity contribution is 7.89. The summed E-state index contributed by atoms with van der Waals surface area (Å²) < 4.78 is 27.4. The van der Waals surface area contributed by atoms with Crippen LogP contribution >= 0.6 is 0 Å². The van der Waals surface area contributed by atoms with Crippen molar-refractivity contribution in [1.29, 1.82) is 0 Å². The van der Waals surface area contributed by atoms with E-state index in [1.54, 1.807) is 24.3 Å². The Labute approximate surface area is 160 Å². The molecular formula is C18H28N6O2S. The summed E-state index contributed by atoms with van der Waals surface area (Å²) in [5.74, 6) is 0.721. The van der Waals surface area contributed by atoms with E-state index >= 15 is 0 Å². The third-order valence-corrected chi connectivity index (χ3v) is 6.38. The van der Waals surface area contributed by atoms with Crippen molar-refractivity contribution in [1.82, 2.24) is 4.72 Å². The molecule has 2 aliphatic rings. The maximum atomic E-state index is 12.4. The SMILES string of the molecule is CC(C)CNS(=O)(=O)c1ccc(N2C(N)=NC(N)=NC23CCCCC3)cc1. The molecule has 0 aromatic heterocycles. The molecule has 1 aliphatic heterocycles. The van der Waals surface area contributed by atoms with Crippen LogP contribution in [0, 0.1) is 5.92 Å². The lowest BCUT2D eigenvalue weighted by Crippen LogP contribution is -2.58. The summed E-state index contributed by atoms with van der Waals surface area (Å²) in [6.45, 7) is 4.31. The molecule has 1 spiro atoms. The summed E-state index contributed by atoms with van der Waals surface area (Å²) >= 11 is 0. The van der Waals surface area contributed by atoms with Crippen molar-refractivity contribution in [3.63, 3.8) is 0 Å². The largest absolute Gasteiger partial charge is 0.369 e. The standard InChI is InChI=1S/C18H28N6O2S/c1-13(2)12-21-27(25,26)15-8-6-14(7-9-15)24-17(20)22-16(19)23-18(24)10-4-3-5-11-18/h6-9,13,21H,3-5,10-12H2,1-2H3,(H4,19,20,22,23). The Morgan fingerprint density at radius 1 is 1.15 bits per heavy atom. The van der Waals surface area contributed by atoms with Crippen LogP contribution in [0.3, 0.4) is 0 Å². The molecule has 1 aliphatic carbocycles. The second-order valence-electron chi connectivity index (χ2n) is 7.56. The van der Waals surface area contributed by atoms with Crippen molar-refractivity contribution >= 4 is 27.6 Å². The molecule has 148 valence electrons. The Morgan fingerprint density at radius 3 is 2.37 bits per heavy atom. The number of aliphatic imine (C=N–C) groups is 2. The normalized spacial score (nSPS) is 19.9. The van der Waals surface area contributed by atoms with Crippen LogP contribution in [0.25, 0.3) is 0 Å². The molecule has 1 saturated carbocycles. The van der Waals surface area contributed by atoms with E-state index in [2.05, 4.69) is 14.7 Å². The van der Waals surface area contributed by atoms with Crippen LogP contribution in [0.1, 0.15) is 46.0 Å². The molecule has 0 atom stereocenters. The summed E-state index contributed by atoms with van der Waals surface area (Å²) in [6, 6.07) is 6.67. The number of rotatable bonds is 5. The zero-order valence-corrected chi connectivity index (χ0v) is 16.7. The zero-order chi connectivity index (χ0) is 19.7. The third kappa shape index (κ3) is 4.08. The topological polar surface area (TPSA) is 126 Å². The summed E-state index contributed by atoms with van der Waals surface area (Å²) in [7, 11) is -3.54. The number of nitrogens with one attached hydrogen (secondary N) is 1. The lowest BCUT2D eigenvalue weighted by Gasteiger charge is -2.45. The molecule has 1 aromatic carbocycles. The lowest BCUT2D eigenvalue weighted by molar-refractivity contribution is 0.305. The van der Waals surface area contributed by atoms with Gasteiger partial charge >= 0.3 is 0 Å². The van der Waals surface area contributed by atoms with Gasteiger partial charge in [0.2, 0.25) is 21.9 Å². The predicted molar refractivity (Wildman–Crippen MR) is 108 cm³/mol. The number of nitrogens with two attached hydrogens (primary N) is 2. The highest BCUT2D eigenvalue weighted by atomic mass is 32.2. The molecule has 8 nitrogen and oxygen atoms in total. The molecule has 0 amide bonds. The number of sulfonamides is 1. The Hall–Kier alpha value is -2.13. The summed E-state index contributed by atoms with van der Waals surface area (Å²) in [5.41, 5.74) is 12.3. The van der Waals surface area contributed by atoms with Crippen molar-refractivity contribution < 1.29 is 8.42 Å². The van der Waals surface area contributed by atoms with E-state index in [4.69, 9.17) is 11.5 Å². The number of nitrogens with zero attached hydrogens (tertiary/aromatic N) is 3. The Bertz CT molecular complexity index is 839. The minimum atomic E-state index is -3.54. The van der Waals surface area contributed by atoms with Gasteiger partial charge in [-0.15, -0.1) is 0 Å². The maximum absolute atomic E-state index is 12.4. The number of hydrogen-bond acceptors (Lipinski definition) is 7. The minimum Gasteiger partial charge on any atom is -0.369 e. The molecular weight excluding hydrogens is 364 g/mol. The van der Waals surface area contributed by atoms with Gasteiger partial charge in [-0.3, -0.25) is 4.90 Å². The van der Waals surface area contributed by atoms with Crippen LogP contribution in [0.5, 0.6) is 0 Å². The van der Waals surface area contributed by atoms with Gasteiger partial charge in [-0.1, -0.05) is 20.3 Å². The van der Waals surface area contributed by atoms with Crippen LogP contribution in [0.4, 0.5) is 5.69 Å². The van der Waals surface area contributed by atoms with Crippen LogP contribution in [-0.4, -0.2) is 32.5 Å². The van der Waals surface area contributed by atoms with Gasteiger partial charge in [-0.2, -0.15) is 4.99 Å². The summed E-state index contributed by atoms with van der Waals surface area (Å²) in [5, 5.41) is 0. The van der Waals surface area contributed by atoms with Gasteiger partial charge < -0.3 is 11.5 Å². The third-order valence-electron chi connectivity index (χ3n) is 4.94. The van der Waals surface area contributed by atoms with E-state index in [-0.39, 0.29) is 22.7 Å². The van der Waals surface area contributed by atoms with Crippen molar-refractivity contribution in [3.8, 4) is 0 Å². The second kappa shape index (κ2) is 7.47. The quantitative estimate of drug-likeness (QED) is 0.703. The Balaban J connectivity index is 1.90. The van der Waals surface area contributed by atoms with Gasteiger partial charge in [0, 0.05) is 12.2 Å². The first-order valence-corrected chi connectivity index (χ1v) is 10.8. The molecule has 27 heavy (non-hydrogen) atoms. The molecule has 9 heteroatoms. The average Bonchev–Trinajstić information content (AvgIpc) is 2.60. The van der Waals surface area contributed by atoms with Gasteiger partial charge in [-0.25, -0.2) is 18.1 Å². The first-order valence-electron chi connectivity index (χ1n) is 9.33. The highest BCUT2D eigenvalue weighted by Gasteiger charge is 2.42. The molecule has 0 unspecified atom stereocenters. The van der Waals surface area contributed by atoms with Crippen LogP contribution in [0.15, 0.2) is 39.1 Å². The monoisotopic (exact) mass is 392 g/mol. The van der Waals surface area contributed by atoms with Gasteiger partial charge in [0.25, 0.3) is 0 Å². The molecule has 1 fully saturated rings. The number of hydrogen-bond donors (Lipinski definition) is 3. The fourth-order valence-corrected chi connectivity index (χ4v) is 4.84. The van der Waals surface area contributed by atoms with E-state index in [0.29, 0.717) is 6.54 Å². The minimum absolute atomic E-state index is 0.197. The van der Waals surface area contributed by atoms with Gasteiger partial charge in [0.1, 0.15) is 5.66 Å². The Morgan fingerprint density at radius 2 is 1.78 bits per heavy atom. The van der Waals surface area contributed by atoms with E-state index < -0.39 is 15.7 Å². The maximum Gasteiger partial charge on any atom is 0.240 e. The molecule has 1 aromatic rings. The van der Waals surface area contributed by atoms with E-state index in [9.17, 15) is 8.42 Å². The van der Waals surface area contributed by atoms with Gasteiger partial charge in [0.05, 0.1) is 4.90 Å². The van der Waals surface area contributed by atoms with Crippen LogP contribution in [0.2, 0.25) is 0 Å². The van der Waals surface area contributed by atoms with Crippen molar-refractivity contribution in [3.05, 3.63) is 24.3 Å². The lowest BCUT2D eigenvalue weighted by atomic mass is 9.87. The first kappa shape index (κ1) is 19.6. The molecule has 0 saturated heterocycles. The molecule has 0 bridgehead atoms. The first-order chi connectivity index (χ1) is 12.7. The smallest absolute Gasteiger partial charge is 0.240 e. The van der Waals surface area contributed by atoms with Crippen molar-refractivity contribution in [2.24, 2.45) is 27.4 Å². The molecule has 3 rings (SSSR count). The summed E-state index contributed by atoms with van der Waals surface area (Å²) in [6.07, 6.45) is 4.89. The Kier molecular flexibility index (Phi) is 5.43. The number of benzene rings is 1. The molecule has 0 radical (unpaired) electrons. The zero-order valence-electron chi connectivity index (χ0n) is 15.9. The summed E-state index contributed by atoms with van der Waals surface area (Å²) in [4.78, 5) is 10.9. The number of anilines is 1. The number of guanidine groups is 2. The fraction of sp³-hybridized carbons (Fsp3) is 0.556. The second-order valence-corrected chi connectivity index (χ2v) is 9.33. The van der Waals surface area contributed by atoms with E-state index in [0.717, 1.165) is 37.8 Å². The van der Waals surface area contributed by atoms with Crippen LogP contribution < -0.4 is 21.1 Å². The van der Waals surface area contributed by atoms with Crippen LogP contribution in [-0.2, 0) is 10.0 Å². The average molecular weight is 393 g/mol. The van der Waals surface area contributed by atoms with E-state index in [1.165, 1.54) is 0 Å². The highest BCUT2D eigenvalue weighted by Crippen LogP contribution is 2.39. The predicted octanol–water partition coefficient (Wildman–Crippen LogP) is 1.73. The fourth-order valence-electron chi connectivity index (χ4n) is 3.63. The van der Waals surface area contributed by atoms with Gasteiger partial charge in [-0.05, 0) is 55.9 Å². The van der Waals surface area contributed by atoms with E-state index in [1.807, 2.05) is 18.7 Å². The van der Waals surface area contributed by atoms with Crippen molar-refractivity contribution in [2.45, 2.75) is 56.5 Å².